The Morgan fingerprint density at radius 2 is 2.08 bits per heavy atom. The molecule has 0 amide bonds. The highest BCUT2D eigenvalue weighted by atomic mass is 32.1. The van der Waals surface area contributed by atoms with Crippen LogP contribution >= 0.6 is 11.3 Å². The lowest BCUT2D eigenvalue weighted by atomic mass is 10.1. The SMILES string of the molecule is Cc1ccc(-c2ccc(CN3CCOC(CN(C)CC(=O)O)C3)s2)cc1. The minimum absolute atomic E-state index is 0.0463. The first kappa shape index (κ1) is 19.0. The minimum atomic E-state index is -0.803. The molecule has 0 aliphatic carbocycles. The molecule has 140 valence electrons. The van der Waals surface area contributed by atoms with Gasteiger partial charge in [0.1, 0.15) is 0 Å². The van der Waals surface area contributed by atoms with Crippen molar-refractivity contribution in [3.63, 3.8) is 0 Å². The Morgan fingerprint density at radius 1 is 1.31 bits per heavy atom. The zero-order chi connectivity index (χ0) is 18.5. The largest absolute Gasteiger partial charge is 0.480 e. The van der Waals surface area contributed by atoms with Crippen LogP contribution in [0.1, 0.15) is 10.4 Å². The topological polar surface area (TPSA) is 53.0 Å². The van der Waals surface area contributed by atoms with E-state index < -0.39 is 5.97 Å². The van der Waals surface area contributed by atoms with E-state index in [0.29, 0.717) is 13.2 Å². The van der Waals surface area contributed by atoms with Crippen LogP contribution in [0.15, 0.2) is 36.4 Å². The Balaban J connectivity index is 1.55. The maximum atomic E-state index is 10.8. The molecule has 2 heterocycles. The zero-order valence-electron chi connectivity index (χ0n) is 15.4. The van der Waals surface area contributed by atoms with E-state index >= 15 is 0 Å². The molecule has 1 saturated heterocycles. The summed E-state index contributed by atoms with van der Waals surface area (Å²) in [5.74, 6) is -0.803. The number of benzene rings is 1. The van der Waals surface area contributed by atoms with Crippen LogP contribution in [0.4, 0.5) is 0 Å². The van der Waals surface area contributed by atoms with Gasteiger partial charge >= 0.3 is 5.97 Å². The number of ether oxygens (including phenoxy) is 1. The predicted molar refractivity (Wildman–Crippen MR) is 105 cm³/mol. The maximum absolute atomic E-state index is 10.8. The Morgan fingerprint density at radius 3 is 2.81 bits per heavy atom. The molecule has 0 radical (unpaired) electrons. The Labute approximate surface area is 158 Å². The van der Waals surface area contributed by atoms with Crippen molar-refractivity contribution in [2.75, 3.05) is 39.8 Å². The van der Waals surface area contributed by atoms with Crippen molar-refractivity contribution in [1.82, 2.24) is 9.80 Å². The number of nitrogens with zero attached hydrogens (tertiary/aromatic N) is 2. The van der Waals surface area contributed by atoms with Gasteiger partial charge in [0.05, 0.1) is 19.3 Å². The summed E-state index contributed by atoms with van der Waals surface area (Å²) < 4.78 is 5.81. The molecular formula is C20H26N2O3S. The van der Waals surface area contributed by atoms with E-state index in [1.807, 2.05) is 18.4 Å². The average Bonchev–Trinajstić information content (AvgIpc) is 3.03. The predicted octanol–water partition coefficient (Wildman–Crippen LogP) is 2.94. The molecule has 0 spiro atoms. The van der Waals surface area contributed by atoms with Crippen molar-refractivity contribution in [3.05, 3.63) is 46.8 Å². The van der Waals surface area contributed by atoms with Crippen LogP contribution in [0.5, 0.6) is 0 Å². The second-order valence-corrected chi connectivity index (χ2v) is 8.12. The molecule has 26 heavy (non-hydrogen) atoms. The number of rotatable bonds is 7. The number of thiophene rings is 1. The number of likely N-dealkylation sites (N-methyl/N-ethyl adjacent to an activating group) is 1. The van der Waals surface area contributed by atoms with Crippen LogP contribution < -0.4 is 0 Å². The van der Waals surface area contributed by atoms with Crippen LogP contribution in [-0.2, 0) is 16.1 Å². The van der Waals surface area contributed by atoms with Crippen molar-refractivity contribution >= 4 is 17.3 Å². The fourth-order valence-electron chi connectivity index (χ4n) is 3.23. The first-order valence-electron chi connectivity index (χ1n) is 8.89. The highest BCUT2D eigenvalue weighted by Crippen LogP contribution is 2.29. The molecule has 1 aromatic heterocycles. The van der Waals surface area contributed by atoms with Crippen LogP contribution in [0.25, 0.3) is 10.4 Å². The first-order valence-corrected chi connectivity index (χ1v) is 9.71. The summed E-state index contributed by atoms with van der Waals surface area (Å²) in [6.07, 6.45) is 0.0598. The third-order valence-corrected chi connectivity index (χ3v) is 5.64. The third-order valence-electron chi connectivity index (χ3n) is 4.52. The van der Waals surface area contributed by atoms with Crippen LogP contribution in [0, 0.1) is 6.92 Å². The van der Waals surface area contributed by atoms with Crippen molar-refractivity contribution in [2.24, 2.45) is 0 Å². The van der Waals surface area contributed by atoms with Crippen molar-refractivity contribution in [2.45, 2.75) is 19.6 Å². The molecule has 1 aliphatic heterocycles. The highest BCUT2D eigenvalue weighted by molar-refractivity contribution is 7.15. The Kier molecular flexibility index (Phi) is 6.43. The number of aliphatic carboxylic acids is 1. The monoisotopic (exact) mass is 374 g/mol. The lowest BCUT2D eigenvalue weighted by molar-refractivity contribution is -0.138. The van der Waals surface area contributed by atoms with E-state index in [2.05, 4.69) is 48.2 Å². The van der Waals surface area contributed by atoms with E-state index in [9.17, 15) is 4.79 Å². The lowest BCUT2D eigenvalue weighted by Crippen LogP contribution is -2.47. The van der Waals surface area contributed by atoms with Gasteiger partial charge in [-0.2, -0.15) is 0 Å². The Hall–Kier alpha value is -1.73. The number of carbonyl (C=O) groups is 1. The number of aryl methyl sites for hydroxylation is 1. The molecule has 3 rings (SSSR count). The number of hydrogen-bond acceptors (Lipinski definition) is 5. The van der Waals surface area contributed by atoms with E-state index in [1.165, 1.54) is 20.9 Å². The van der Waals surface area contributed by atoms with Gasteiger partial charge in [0.15, 0.2) is 0 Å². The van der Waals surface area contributed by atoms with E-state index in [0.717, 1.165) is 19.6 Å². The van der Waals surface area contributed by atoms with Gasteiger partial charge in [-0.3, -0.25) is 14.6 Å². The normalized spacial score (nSPS) is 18.3. The molecule has 1 fully saturated rings. The third kappa shape index (κ3) is 5.38. The minimum Gasteiger partial charge on any atom is -0.480 e. The molecule has 5 nitrogen and oxygen atoms in total. The number of carboxylic acids is 1. The van der Waals surface area contributed by atoms with Crippen LogP contribution in [0.3, 0.4) is 0 Å². The lowest BCUT2D eigenvalue weighted by Gasteiger charge is -2.34. The summed E-state index contributed by atoms with van der Waals surface area (Å²) in [6, 6.07) is 13.1. The Bertz CT molecular complexity index is 729. The highest BCUT2D eigenvalue weighted by Gasteiger charge is 2.22. The van der Waals surface area contributed by atoms with Crippen LogP contribution in [0.2, 0.25) is 0 Å². The number of hydrogen-bond donors (Lipinski definition) is 1. The van der Waals surface area contributed by atoms with Gasteiger partial charge in [-0.1, -0.05) is 29.8 Å². The number of morpholine rings is 1. The summed E-state index contributed by atoms with van der Waals surface area (Å²) in [5, 5.41) is 8.88. The summed E-state index contributed by atoms with van der Waals surface area (Å²) >= 11 is 1.84. The standard InChI is InChI=1S/C20H26N2O3S/c1-15-3-5-16(6-4-15)19-8-7-18(26-19)13-22-9-10-25-17(12-22)11-21(2)14-20(23)24/h3-8,17H,9-14H2,1-2H3,(H,23,24). The fraction of sp³-hybridized carbons (Fsp3) is 0.450. The zero-order valence-corrected chi connectivity index (χ0v) is 16.2. The molecule has 0 saturated carbocycles. The van der Waals surface area contributed by atoms with Gasteiger partial charge in [0.2, 0.25) is 0 Å². The number of carboxylic acid groups (broad SMARTS) is 1. The fourth-order valence-corrected chi connectivity index (χ4v) is 4.29. The first-order chi connectivity index (χ1) is 12.5. The van der Waals surface area contributed by atoms with Gasteiger partial charge < -0.3 is 9.84 Å². The van der Waals surface area contributed by atoms with E-state index in [1.54, 1.807) is 4.90 Å². The van der Waals surface area contributed by atoms with Gasteiger partial charge in [-0.25, -0.2) is 0 Å². The summed E-state index contributed by atoms with van der Waals surface area (Å²) in [6.45, 7) is 6.15. The average molecular weight is 375 g/mol. The quantitative estimate of drug-likeness (QED) is 0.808. The van der Waals surface area contributed by atoms with Crippen molar-refractivity contribution in [3.8, 4) is 10.4 Å². The van der Waals surface area contributed by atoms with Gasteiger partial charge in [-0.15, -0.1) is 11.3 Å². The van der Waals surface area contributed by atoms with E-state index in [-0.39, 0.29) is 12.6 Å². The maximum Gasteiger partial charge on any atom is 0.317 e. The smallest absolute Gasteiger partial charge is 0.317 e. The molecule has 1 aromatic carbocycles. The van der Waals surface area contributed by atoms with Gasteiger partial charge in [0.25, 0.3) is 0 Å². The summed E-state index contributed by atoms with van der Waals surface area (Å²) in [5.41, 5.74) is 2.54. The molecule has 2 aromatic rings. The summed E-state index contributed by atoms with van der Waals surface area (Å²) in [4.78, 5) is 17.6. The van der Waals surface area contributed by atoms with Crippen molar-refractivity contribution < 1.29 is 14.6 Å². The molecule has 1 unspecified atom stereocenters. The molecule has 0 bridgehead atoms. The summed E-state index contributed by atoms with van der Waals surface area (Å²) in [7, 11) is 1.82. The molecule has 1 atom stereocenters. The molecule has 6 heteroatoms. The molecular weight excluding hydrogens is 348 g/mol. The second-order valence-electron chi connectivity index (χ2n) is 6.95. The van der Waals surface area contributed by atoms with E-state index in [4.69, 9.17) is 9.84 Å². The van der Waals surface area contributed by atoms with Gasteiger partial charge in [-0.05, 0) is 31.7 Å². The van der Waals surface area contributed by atoms with Crippen LogP contribution in [-0.4, -0.2) is 66.8 Å². The second kappa shape index (κ2) is 8.77. The molecule has 1 N–H and O–H groups in total. The molecule has 1 aliphatic rings. The van der Waals surface area contributed by atoms with Gasteiger partial charge in [0, 0.05) is 35.9 Å². The van der Waals surface area contributed by atoms with Crippen molar-refractivity contribution in [1.29, 1.82) is 0 Å².